The average molecular weight is 322 g/mol. The first-order valence-electron chi connectivity index (χ1n) is 7.38. The molecule has 1 heterocycles. The van der Waals surface area contributed by atoms with Gasteiger partial charge in [-0.05, 0) is 37.5 Å². The lowest BCUT2D eigenvalue weighted by atomic mass is 9.91. The van der Waals surface area contributed by atoms with Crippen molar-refractivity contribution in [2.24, 2.45) is 0 Å². The van der Waals surface area contributed by atoms with E-state index in [0.717, 1.165) is 24.8 Å². The van der Waals surface area contributed by atoms with Crippen LogP contribution in [-0.4, -0.2) is 18.8 Å². The quantitative estimate of drug-likeness (QED) is 0.513. The van der Waals surface area contributed by atoms with E-state index in [1.807, 2.05) is 13.0 Å². The molecule has 1 aliphatic rings. The normalized spacial score (nSPS) is 19.6. The summed E-state index contributed by atoms with van der Waals surface area (Å²) < 4.78 is 5.31. The number of rotatable bonds is 5. The highest BCUT2D eigenvalue weighted by Crippen LogP contribution is 2.37. The smallest absolute Gasteiger partial charge is 0.240 e. The Labute approximate surface area is 135 Å². The number of allylic oxidation sites excluding steroid dienone is 2. The van der Waals surface area contributed by atoms with Crippen molar-refractivity contribution in [3.05, 3.63) is 40.1 Å². The summed E-state index contributed by atoms with van der Waals surface area (Å²) in [6, 6.07) is 3.36. The van der Waals surface area contributed by atoms with Crippen LogP contribution in [0.5, 0.6) is 5.75 Å². The number of halogens is 1. The van der Waals surface area contributed by atoms with Crippen LogP contribution in [0.3, 0.4) is 0 Å². The molecule has 1 fully saturated rings. The first kappa shape index (κ1) is 16.6. The van der Waals surface area contributed by atoms with E-state index in [2.05, 4.69) is 12.2 Å². The molecule has 22 heavy (non-hydrogen) atoms. The molecule has 0 bridgehead atoms. The number of methoxy groups -OCH3 is 1. The Kier molecular flexibility index (Phi) is 5.24. The summed E-state index contributed by atoms with van der Waals surface area (Å²) in [6.07, 6.45) is 4.61. The lowest BCUT2D eigenvalue weighted by molar-refractivity contribution is -0.124. The molecule has 1 aromatic rings. The zero-order valence-electron chi connectivity index (χ0n) is 13.0. The van der Waals surface area contributed by atoms with E-state index in [1.54, 1.807) is 12.1 Å². The second-order valence-electron chi connectivity index (χ2n) is 5.39. The number of hydrogen-bond donors (Lipinski definition) is 1. The van der Waals surface area contributed by atoms with Gasteiger partial charge < -0.3 is 10.1 Å². The van der Waals surface area contributed by atoms with Crippen LogP contribution in [0.25, 0.3) is 0 Å². The number of carbonyl (C=O) groups is 2. The predicted molar refractivity (Wildman–Crippen MR) is 86.2 cm³/mol. The lowest BCUT2D eigenvalue weighted by Crippen LogP contribution is -2.19. The molecule has 0 aromatic heterocycles. The summed E-state index contributed by atoms with van der Waals surface area (Å²) in [5.41, 5.74) is 1.75. The number of Topliss-reactive ketones (excluding diaryl/α,β-unsaturated/α-hetero) is 1. The molecule has 1 N–H and O–H groups in total. The van der Waals surface area contributed by atoms with Crippen LogP contribution in [-0.2, 0) is 9.59 Å². The van der Waals surface area contributed by atoms with Crippen molar-refractivity contribution in [3.8, 4) is 5.75 Å². The van der Waals surface area contributed by atoms with E-state index < -0.39 is 5.92 Å². The minimum absolute atomic E-state index is 0.204. The Bertz CT molecular complexity index is 637. The van der Waals surface area contributed by atoms with E-state index >= 15 is 0 Å². The largest absolute Gasteiger partial charge is 0.496 e. The minimum Gasteiger partial charge on any atom is -0.496 e. The fourth-order valence-electron chi connectivity index (χ4n) is 2.67. The van der Waals surface area contributed by atoms with Crippen molar-refractivity contribution < 1.29 is 14.3 Å². The average Bonchev–Trinajstić information content (AvgIpc) is 2.74. The molecule has 0 radical (unpaired) electrons. The molecule has 5 heteroatoms. The molecule has 1 atom stereocenters. The summed E-state index contributed by atoms with van der Waals surface area (Å²) in [7, 11) is 1.50. The number of ketones is 1. The second kappa shape index (κ2) is 6.97. The zero-order chi connectivity index (χ0) is 16.3. The van der Waals surface area contributed by atoms with Gasteiger partial charge in [-0.15, -0.1) is 0 Å². The van der Waals surface area contributed by atoms with E-state index in [4.69, 9.17) is 16.3 Å². The molecule has 1 unspecified atom stereocenters. The third-order valence-corrected chi connectivity index (χ3v) is 3.99. The van der Waals surface area contributed by atoms with Crippen molar-refractivity contribution in [1.82, 2.24) is 5.32 Å². The van der Waals surface area contributed by atoms with Gasteiger partial charge in [0.2, 0.25) is 5.91 Å². The summed E-state index contributed by atoms with van der Waals surface area (Å²) in [5.74, 6) is -0.908. The van der Waals surface area contributed by atoms with Gasteiger partial charge in [-0.2, -0.15) is 0 Å². The summed E-state index contributed by atoms with van der Waals surface area (Å²) in [4.78, 5) is 24.8. The molecular weight excluding hydrogens is 302 g/mol. The Hall–Kier alpha value is -1.81. The summed E-state index contributed by atoms with van der Waals surface area (Å²) >= 11 is 6.02. The van der Waals surface area contributed by atoms with Gasteiger partial charge in [0.05, 0.1) is 12.8 Å². The number of aryl methyl sites for hydroxylation is 1. The number of carbonyl (C=O) groups excluding carboxylic acids is 2. The highest BCUT2D eigenvalue weighted by molar-refractivity contribution is 6.31. The van der Waals surface area contributed by atoms with Crippen LogP contribution < -0.4 is 10.1 Å². The molecule has 1 saturated heterocycles. The molecule has 1 amide bonds. The monoisotopic (exact) mass is 321 g/mol. The van der Waals surface area contributed by atoms with Gasteiger partial charge in [0.25, 0.3) is 0 Å². The Morgan fingerprint density at radius 3 is 2.73 bits per heavy atom. The predicted octanol–water partition coefficient (Wildman–Crippen LogP) is 3.51. The molecule has 0 saturated carbocycles. The number of ether oxygens (including phenoxy) is 1. The van der Waals surface area contributed by atoms with Crippen molar-refractivity contribution in [1.29, 1.82) is 0 Å². The Morgan fingerprint density at radius 1 is 1.36 bits per heavy atom. The van der Waals surface area contributed by atoms with Crippen LogP contribution in [0, 0.1) is 6.92 Å². The Morgan fingerprint density at radius 2 is 2.09 bits per heavy atom. The van der Waals surface area contributed by atoms with Gasteiger partial charge in [0.15, 0.2) is 5.78 Å². The highest BCUT2D eigenvalue weighted by Gasteiger charge is 2.40. The van der Waals surface area contributed by atoms with E-state index in [1.165, 1.54) is 7.11 Å². The van der Waals surface area contributed by atoms with Crippen molar-refractivity contribution in [2.45, 2.75) is 39.0 Å². The fraction of sp³-hybridized carbons (Fsp3) is 0.412. The molecule has 118 valence electrons. The van der Waals surface area contributed by atoms with Gasteiger partial charge in [0, 0.05) is 10.6 Å². The molecule has 4 nitrogen and oxygen atoms in total. The number of benzene rings is 1. The fourth-order valence-corrected chi connectivity index (χ4v) is 2.93. The topological polar surface area (TPSA) is 55.4 Å². The third-order valence-electron chi connectivity index (χ3n) is 3.78. The molecule has 0 spiro atoms. The molecule has 0 aliphatic carbocycles. The van der Waals surface area contributed by atoms with Crippen molar-refractivity contribution >= 4 is 23.3 Å². The van der Waals surface area contributed by atoms with Crippen LogP contribution in [0.15, 0.2) is 23.9 Å². The highest BCUT2D eigenvalue weighted by atomic mass is 35.5. The maximum Gasteiger partial charge on any atom is 0.240 e. The van der Waals surface area contributed by atoms with Gasteiger partial charge in [0.1, 0.15) is 11.7 Å². The number of amides is 1. The summed E-state index contributed by atoms with van der Waals surface area (Å²) in [5, 5.41) is 3.20. The van der Waals surface area contributed by atoms with Gasteiger partial charge in [-0.1, -0.05) is 31.0 Å². The minimum atomic E-state index is -0.861. The van der Waals surface area contributed by atoms with Crippen molar-refractivity contribution in [2.75, 3.05) is 7.11 Å². The lowest BCUT2D eigenvalue weighted by Gasteiger charge is -2.15. The van der Waals surface area contributed by atoms with Crippen molar-refractivity contribution in [3.63, 3.8) is 0 Å². The van der Waals surface area contributed by atoms with Crippen LogP contribution >= 0.6 is 11.6 Å². The Balaban J connectivity index is 2.39. The summed E-state index contributed by atoms with van der Waals surface area (Å²) in [6.45, 7) is 3.90. The standard InChI is InChI=1S/C17H20ClNO3/c1-4-5-6-7-12-16(20)15(17(21)19-12)14-10(2)8-11(18)9-13(14)22-3/h7-9,15H,4-6H2,1-3H3,(H,19,21)/b12-7-. The number of hydrogen-bond acceptors (Lipinski definition) is 3. The second-order valence-corrected chi connectivity index (χ2v) is 5.82. The first-order chi connectivity index (χ1) is 10.5. The van der Waals surface area contributed by atoms with E-state index in [-0.39, 0.29) is 11.7 Å². The molecule has 1 aliphatic heterocycles. The van der Waals surface area contributed by atoms with Crippen LogP contribution in [0.1, 0.15) is 43.2 Å². The van der Waals surface area contributed by atoms with Crippen LogP contribution in [0.2, 0.25) is 5.02 Å². The third kappa shape index (κ3) is 3.17. The number of nitrogens with one attached hydrogen (secondary N) is 1. The number of unbranched alkanes of at least 4 members (excludes halogenated alkanes) is 2. The maximum atomic E-state index is 12.6. The van der Waals surface area contributed by atoms with E-state index in [9.17, 15) is 9.59 Å². The van der Waals surface area contributed by atoms with Gasteiger partial charge in [-0.3, -0.25) is 9.59 Å². The van der Waals surface area contributed by atoms with Gasteiger partial charge in [-0.25, -0.2) is 0 Å². The first-order valence-corrected chi connectivity index (χ1v) is 7.76. The van der Waals surface area contributed by atoms with Crippen LogP contribution in [0.4, 0.5) is 0 Å². The molecular formula is C17H20ClNO3. The maximum absolute atomic E-state index is 12.6. The zero-order valence-corrected chi connectivity index (χ0v) is 13.8. The molecule has 2 rings (SSSR count). The van der Waals surface area contributed by atoms with E-state index in [0.29, 0.717) is 22.0 Å². The SMILES string of the molecule is CCCC/C=C1\NC(=O)C(c2c(C)cc(Cl)cc2OC)C1=O. The van der Waals surface area contributed by atoms with Gasteiger partial charge >= 0.3 is 0 Å². The molecule has 1 aromatic carbocycles.